The van der Waals surface area contributed by atoms with Crippen LogP contribution in [-0.2, 0) is 9.47 Å². The smallest absolute Gasteiger partial charge is 0.159 e. The minimum atomic E-state index is -0.235. The van der Waals surface area contributed by atoms with E-state index in [1.807, 2.05) is 0 Å². The highest BCUT2D eigenvalue weighted by molar-refractivity contribution is 4.50. The van der Waals surface area contributed by atoms with Gasteiger partial charge in [-0.3, -0.25) is 0 Å². The summed E-state index contributed by atoms with van der Waals surface area (Å²) in [4.78, 5) is 0. The molecule has 3 nitrogen and oxygen atoms in total. The van der Waals surface area contributed by atoms with E-state index in [2.05, 4.69) is 6.92 Å². The van der Waals surface area contributed by atoms with Gasteiger partial charge in [-0.05, 0) is 6.42 Å². The highest BCUT2D eigenvalue weighted by Gasteiger charge is 2.05. The number of aliphatic hydroxyl groups is 1. The van der Waals surface area contributed by atoms with E-state index >= 15 is 0 Å². The fraction of sp³-hybridized carbons (Fsp3) is 1.00. The molecule has 0 aliphatic rings. The zero-order valence-electron chi connectivity index (χ0n) is 17.3. The normalized spacial score (nSPS) is 12.6. The third kappa shape index (κ3) is 20.0. The second-order valence-corrected chi connectivity index (χ2v) is 7.35. The molecule has 0 aliphatic heterocycles. The summed E-state index contributed by atoms with van der Waals surface area (Å²) in [7, 11) is 1.63. The molecule has 1 N–H and O–H groups in total. The fourth-order valence-electron chi connectivity index (χ4n) is 3.24. The Hall–Kier alpha value is -0.120. The van der Waals surface area contributed by atoms with Gasteiger partial charge in [0, 0.05) is 26.7 Å². The van der Waals surface area contributed by atoms with Crippen LogP contribution in [0.2, 0.25) is 0 Å². The Morgan fingerprint density at radius 2 is 1.04 bits per heavy atom. The van der Waals surface area contributed by atoms with Crippen LogP contribution in [0, 0.1) is 0 Å². The zero-order chi connectivity index (χ0) is 18.4. The average molecular weight is 359 g/mol. The SMILES string of the molecule is CCCCCCCCCCCCCCCCCCOC(CCO)OC. The second kappa shape index (κ2) is 21.9. The number of methoxy groups -OCH3 is 1. The maximum Gasteiger partial charge on any atom is 0.159 e. The van der Waals surface area contributed by atoms with E-state index in [9.17, 15) is 0 Å². The van der Waals surface area contributed by atoms with Crippen molar-refractivity contribution in [1.82, 2.24) is 0 Å². The van der Waals surface area contributed by atoms with Crippen molar-refractivity contribution in [1.29, 1.82) is 0 Å². The zero-order valence-corrected chi connectivity index (χ0v) is 17.3. The fourth-order valence-corrected chi connectivity index (χ4v) is 3.24. The van der Waals surface area contributed by atoms with Gasteiger partial charge in [-0.2, -0.15) is 0 Å². The van der Waals surface area contributed by atoms with Crippen molar-refractivity contribution in [3.63, 3.8) is 0 Å². The number of hydrogen-bond acceptors (Lipinski definition) is 3. The first-order chi connectivity index (χ1) is 12.3. The minimum absolute atomic E-state index is 0.122. The molecule has 0 aromatic carbocycles. The number of rotatable bonds is 21. The first-order valence-electron chi connectivity index (χ1n) is 11.1. The maximum absolute atomic E-state index is 8.85. The van der Waals surface area contributed by atoms with Crippen LogP contribution in [0.4, 0.5) is 0 Å². The van der Waals surface area contributed by atoms with Crippen molar-refractivity contribution in [2.24, 2.45) is 0 Å². The maximum atomic E-state index is 8.85. The van der Waals surface area contributed by atoms with E-state index in [0.29, 0.717) is 6.42 Å². The van der Waals surface area contributed by atoms with Crippen molar-refractivity contribution in [2.45, 2.75) is 122 Å². The van der Waals surface area contributed by atoms with Crippen LogP contribution < -0.4 is 0 Å². The van der Waals surface area contributed by atoms with Gasteiger partial charge in [-0.25, -0.2) is 0 Å². The standard InChI is InChI=1S/C22H46O3/c1-3-4-5-6-7-8-9-10-11-12-13-14-15-16-17-18-21-25-22(24-2)19-20-23/h22-23H,3-21H2,1-2H3. The highest BCUT2D eigenvalue weighted by Crippen LogP contribution is 2.13. The Kier molecular flexibility index (Phi) is 21.8. The van der Waals surface area contributed by atoms with Crippen LogP contribution in [-0.4, -0.2) is 31.7 Å². The molecule has 0 bridgehead atoms. The van der Waals surface area contributed by atoms with Gasteiger partial charge in [0.25, 0.3) is 0 Å². The lowest BCUT2D eigenvalue weighted by atomic mass is 10.0. The van der Waals surface area contributed by atoms with Gasteiger partial charge in [0.2, 0.25) is 0 Å². The van der Waals surface area contributed by atoms with Crippen molar-refractivity contribution in [3.05, 3.63) is 0 Å². The van der Waals surface area contributed by atoms with Gasteiger partial charge in [0.15, 0.2) is 6.29 Å². The molecular weight excluding hydrogens is 312 g/mol. The van der Waals surface area contributed by atoms with E-state index in [1.54, 1.807) is 7.11 Å². The van der Waals surface area contributed by atoms with E-state index in [0.717, 1.165) is 13.0 Å². The van der Waals surface area contributed by atoms with Crippen LogP contribution in [0.5, 0.6) is 0 Å². The molecule has 0 aromatic rings. The number of unbranched alkanes of at least 4 members (excludes halogenated alkanes) is 15. The minimum Gasteiger partial charge on any atom is -0.396 e. The van der Waals surface area contributed by atoms with Gasteiger partial charge >= 0.3 is 0 Å². The molecule has 0 spiro atoms. The molecule has 0 aliphatic carbocycles. The number of hydrogen-bond donors (Lipinski definition) is 1. The molecule has 25 heavy (non-hydrogen) atoms. The van der Waals surface area contributed by atoms with Gasteiger partial charge < -0.3 is 14.6 Å². The molecule has 152 valence electrons. The molecule has 0 amide bonds. The van der Waals surface area contributed by atoms with Gasteiger partial charge in [-0.15, -0.1) is 0 Å². The number of aliphatic hydroxyl groups excluding tert-OH is 1. The molecule has 0 rings (SSSR count). The lowest BCUT2D eigenvalue weighted by molar-refractivity contribution is -0.132. The third-order valence-electron chi connectivity index (χ3n) is 4.93. The van der Waals surface area contributed by atoms with Crippen molar-refractivity contribution >= 4 is 0 Å². The van der Waals surface area contributed by atoms with E-state index in [-0.39, 0.29) is 12.9 Å². The van der Waals surface area contributed by atoms with Crippen molar-refractivity contribution < 1.29 is 14.6 Å². The molecule has 1 atom stereocenters. The quantitative estimate of drug-likeness (QED) is 0.185. The molecule has 0 aromatic heterocycles. The number of ether oxygens (including phenoxy) is 2. The Labute approximate surface area is 157 Å². The lowest BCUT2D eigenvalue weighted by Crippen LogP contribution is -2.17. The molecular formula is C22H46O3. The first-order valence-corrected chi connectivity index (χ1v) is 11.1. The Morgan fingerprint density at radius 3 is 1.40 bits per heavy atom. The van der Waals surface area contributed by atoms with Crippen LogP contribution in [0.1, 0.15) is 116 Å². The van der Waals surface area contributed by atoms with Gasteiger partial charge in [-0.1, -0.05) is 103 Å². The van der Waals surface area contributed by atoms with Gasteiger partial charge in [0.05, 0.1) is 0 Å². The average Bonchev–Trinajstić information content (AvgIpc) is 2.63. The second-order valence-electron chi connectivity index (χ2n) is 7.35. The summed E-state index contributed by atoms with van der Waals surface area (Å²) >= 11 is 0. The monoisotopic (exact) mass is 358 g/mol. The third-order valence-corrected chi connectivity index (χ3v) is 4.93. The predicted octanol–water partition coefficient (Wildman–Crippen LogP) is 6.62. The Bertz CT molecular complexity index is 233. The topological polar surface area (TPSA) is 38.7 Å². The van der Waals surface area contributed by atoms with E-state index < -0.39 is 0 Å². The van der Waals surface area contributed by atoms with Crippen LogP contribution >= 0.6 is 0 Å². The molecule has 0 saturated heterocycles. The van der Waals surface area contributed by atoms with E-state index in [4.69, 9.17) is 14.6 Å². The molecule has 0 fully saturated rings. The molecule has 1 unspecified atom stereocenters. The van der Waals surface area contributed by atoms with Crippen LogP contribution in [0.25, 0.3) is 0 Å². The summed E-state index contributed by atoms with van der Waals surface area (Å²) in [6.07, 6.45) is 22.5. The summed E-state index contributed by atoms with van der Waals surface area (Å²) in [6, 6.07) is 0. The molecule has 3 heteroatoms. The van der Waals surface area contributed by atoms with Crippen molar-refractivity contribution in [2.75, 3.05) is 20.3 Å². The molecule has 0 radical (unpaired) electrons. The van der Waals surface area contributed by atoms with Crippen LogP contribution in [0.3, 0.4) is 0 Å². The van der Waals surface area contributed by atoms with Gasteiger partial charge in [0.1, 0.15) is 0 Å². The summed E-state index contributed by atoms with van der Waals surface area (Å²) in [5.41, 5.74) is 0. The lowest BCUT2D eigenvalue weighted by Gasteiger charge is -2.14. The van der Waals surface area contributed by atoms with Crippen molar-refractivity contribution in [3.8, 4) is 0 Å². The highest BCUT2D eigenvalue weighted by atomic mass is 16.7. The Balaban J connectivity index is 3.07. The first kappa shape index (κ1) is 24.9. The largest absolute Gasteiger partial charge is 0.396 e. The van der Waals surface area contributed by atoms with Crippen LogP contribution in [0.15, 0.2) is 0 Å². The summed E-state index contributed by atoms with van der Waals surface area (Å²) in [5, 5.41) is 8.85. The molecule has 0 heterocycles. The predicted molar refractivity (Wildman–Crippen MR) is 108 cm³/mol. The summed E-state index contributed by atoms with van der Waals surface area (Å²) in [5.74, 6) is 0. The van der Waals surface area contributed by atoms with E-state index in [1.165, 1.54) is 96.3 Å². The summed E-state index contributed by atoms with van der Waals surface area (Å²) < 4.78 is 10.7. The molecule has 0 saturated carbocycles. The Morgan fingerprint density at radius 1 is 0.640 bits per heavy atom. The summed E-state index contributed by atoms with van der Waals surface area (Å²) in [6.45, 7) is 3.15.